The van der Waals surface area contributed by atoms with Crippen molar-refractivity contribution in [1.29, 1.82) is 0 Å². The Balaban J connectivity index is 1.37. The zero-order valence-electron chi connectivity index (χ0n) is 14.5. The van der Waals surface area contributed by atoms with E-state index in [9.17, 15) is 4.79 Å². The van der Waals surface area contributed by atoms with Crippen molar-refractivity contribution in [3.05, 3.63) is 35.8 Å². The smallest absolute Gasteiger partial charge is 0.318 e. The van der Waals surface area contributed by atoms with Crippen molar-refractivity contribution in [3.8, 4) is 0 Å². The quantitative estimate of drug-likeness (QED) is 0.926. The van der Waals surface area contributed by atoms with Crippen LogP contribution in [0.4, 0.5) is 4.79 Å². The molecule has 1 atom stereocenters. The number of amides is 2. The summed E-state index contributed by atoms with van der Waals surface area (Å²) in [6.07, 6.45) is 8.84. The summed E-state index contributed by atoms with van der Waals surface area (Å²) in [5, 5.41) is 11.5. The van der Waals surface area contributed by atoms with Crippen molar-refractivity contribution < 1.29 is 9.21 Å². The van der Waals surface area contributed by atoms with Crippen LogP contribution in [0.5, 0.6) is 0 Å². The minimum Gasteiger partial charge on any atom is -0.467 e. The van der Waals surface area contributed by atoms with Gasteiger partial charge in [-0.25, -0.2) is 4.79 Å². The van der Waals surface area contributed by atoms with Gasteiger partial charge in [-0.05, 0) is 31.4 Å². The Hall–Kier alpha value is -2.31. The first-order valence-electron chi connectivity index (χ1n) is 9.32. The highest BCUT2D eigenvalue weighted by molar-refractivity contribution is 5.74. The first kappa shape index (κ1) is 16.2. The molecule has 7 heteroatoms. The standard InChI is InChI=1S/C18H25N5O2/c24-18(19-10-9-17-21-20-16-8-4-12-23(16)17)22-11-3-1-2-6-14(22)15-7-5-13-25-15/h5,7,13-14H,1-4,6,8-12H2,(H,19,24). The average molecular weight is 343 g/mol. The van der Waals surface area contributed by atoms with Gasteiger partial charge in [0.1, 0.15) is 17.4 Å². The summed E-state index contributed by atoms with van der Waals surface area (Å²) in [6, 6.07) is 3.89. The fourth-order valence-electron chi connectivity index (χ4n) is 3.91. The summed E-state index contributed by atoms with van der Waals surface area (Å²) in [5.74, 6) is 2.94. The Morgan fingerprint density at radius 1 is 1.24 bits per heavy atom. The second kappa shape index (κ2) is 7.29. The molecule has 2 aliphatic heterocycles. The third-order valence-electron chi connectivity index (χ3n) is 5.20. The molecule has 1 N–H and O–H groups in total. The van der Waals surface area contributed by atoms with E-state index in [2.05, 4.69) is 20.1 Å². The SMILES string of the molecule is O=C(NCCc1nnc2n1CCC2)N1CCCCCC1c1ccco1. The minimum atomic E-state index is -0.00976. The summed E-state index contributed by atoms with van der Waals surface area (Å²) >= 11 is 0. The molecule has 2 aromatic rings. The Morgan fingerprint density at radius 2 is 2.20 bits per heavy atom. The van der Waals surface area contributed by atoms with Gasteiger partial charge in [-0.3, -0.25) is 0 Å². The van der Waals surface area contributed by atoms with Crippen LogP contribution in [0.1, 0.15) is 55.6 Å². The predicted octanol–water partition coefficient (Wildman–Crippen LogP) is 2.69. The van der Waals surface area contributed by atoms with Crippen molar-refractivity contribution in [2.24, 2.45) is 0 Å². The number of nitrogens with one attached hydrogen (secondary N) is 1. The van der Waals surface area contributed by atoms with E-state index in [0.29, 0.717) is 6.54 Å². The number of furan rings is 1. The highest BCUT2D eigenvalue weighted by Gasteiger charge is 2.28. The lowest BCUT2D eigenvalue weighted by Gasteiger charge is -2.28. The number of hydrogen-bond donors (Lipinski definition) is 1. The van der Waals surface area contributed by atoms with Crippen LogP contribution in [-0.4, -0.2) is 38.8 Å². The summed E-state index contributed by atoms with van der Waals surface area (Å²) in [7, 11) is 0. The van der Waals surface area contributed by atoms with Gasteiger partial charge in [-0.2, -0.15) is 0 Å². The number of likely N-dealkylation sites (tertiary alicyclic amines) is 1. The van der Waals surface area contributed by atoms with E-state index in [1.165, 1.54) is 0 Å². The van der Waals surface area contributed by atoms with Gasteiger partial charge in [0.25, 0.3) is 0 Å². The summed E-state index contributed by atoms with van der Waals surface area (Å²) < 4.78 is 7.76. The van der Waals surface area contributed by atoms with Crippen LogP contribution in [0.3, 0.4) is 0 Å². The maximum absolute atomic E-state index is 12.7. The lowest BCUT2D eigenvalue weighted by molar-refractivity contribution is 0.166. The van der Waals surface area contributed by atoms with E-state index in [4.69, 9.17) is 4.42 Å². The van der Waals surface area contributed by atoms with Gasteiger partial charge < -0.3 is 19.2 Å². The molecule has 1 saturated heterocycles. The fraction of sp³-hybridized carbons (Fsp3) is 0.611. The molecule has 4 rings (SSSR count). The molecule has 7 nitrogen and oxygen atoms in total. The maximum Gasteiger partial charge on any atom is 0.318 e. The first-order chi connectivity index (χ1) is 12.3. The molecule has 4 heterocycles. The number of urea groups is 1. The van der Waals surface area contributed by atoms with E-state index in [1.807, 2.05) is 17.0 Å². The van der Waals surface area contributed by atoms with Crippen LogP contribution < -0.4 is 5.32 Å². The van der Waals surface area contributed by atoms with E-state index in [1.54, 1.807) is 6.26 Å². The van der Waals surface area contributed by atoms with Gasteiger partial charge in [0, 0.05) is 32.5 Å². The Morgan fingerprint density at radius 3 is 3.08 bits per heavy atom. The Kier molecular flexibility index (Phi) is 4.72. The van der Waals surface area contributed by atoms with Gasteiger partial charge >= 0.3 is 6.03 Å². The molecule has 0 spiro atoms. The Bertz CT molecular complexity index is 709. The monoisotopic (exact) mass is 343 g/mol. The molecule has 2 amide bonds. The predicted molar refractivity (Wildman–Crippen MR) is 92.1 cm³/mol. The molecule has 0 radical (unpaired) electrons. The van der Waals surface area contributed by atoms with Crippen LogP contribution >= 0.6 is 0 Å². The van der Waals surface area contributed by atoms with Crippen molar-refractivity contribution in [2.75, 3.05) is 13.1 Å². The van der Waals surface area contributed by atoms with Crippen LogP contribution in [0, 0.1) is 0 Å². The highest BCUT2D eigenvalue weighted by atomic mass is 16.3. The molecular formula is C18H25N5O2. The number of carbonyl (C=O) groups is 1. The molecule has 25 heavy (non-hydrogen) atoms. The third kappa shape index (κ3) is 3.41. The van der Waals surface area contributed by atoms with Gasteiger partial charge in [0.15, 0.2) is 0 Å². The van der Waals surface area contributed by atoms with E-state index >= 15 is 0 Å². The molecule has 2 aromatic heterocycles. The minimum absolute atomic E-state index is 0.00976. The molecule has 0 saturated carbocycles. The normalized spacial score (nSPS) is 20.3. The van der Waals surface area contributed by atoms with Crippen molar-refractivity contribution in [2.45, 2.75) is 57.5 Å². The van der Waals surface area contributed by atoms with Crippen LogP contribution in [0.25, 0.3) is 0 Å². The van der Waals surface area contributed by atoms with Crippen molar-refractivity contribution >= 4 is 6.03 Å². The average Bonchev–Trinajstić information content (AvgIpc) is 3.32. The van der Waals surface area contributed by atoms with Gasteiger partial charge in [-0.1, -0.05) is 12.8 Å². The molecule has 1 unspecified atom stereocenters. The van der Waals surface area contributed by atoms with Crippen molar-refractivity contribution in [3.63, 3.8) is 0 Å². The number of hydrogen-bond acceptors (Lipinski definition) is 4. The molecular weight excluding hydrogens is 318 g/mol. The molecule has 2 aliphatic rings. The molecule has 1 fully saturated rings. The maximum atomic E-state index is 12.7. The largest absolute Gasteiger partial charge is 0.467 e. The zero-order valence-corrected chi connectivity index (χ0v) is 14.5. The fourth-order valence-corrected chi connectivity index (χ4v) is 3.91. The van der Waals surface area contributed by atoms with Gasteiger partial charge in [0.05, 0.1) is 12.3 Å². The third-order valence-corrected chi connectivity index (χ3v) is 5.20. The number of nitrogens with zero attached hydrogens (tertiary/aromatic N) is 4. The summed E-state index contributed by atoms with van der Waals surface area (Å²) in [5.41, 5.74) is 0. The number of carbonyl (C=O) groups excluding carboxylic acids is 1. The van der Waals surface area contributed by atoms with Crippen LogP contribution in [0.15, 0.2) is 22.8 Å². The van der Waals surface area contributed by atoms with Gasteiger partial charge in [-0.15, -0.1) is 10.2 Å². The van der Waals surface area contributed by atoms with Gasteiger partial charge in [0.2, 0.25) is 0 Å². The zero-order chi connectivity index (χ0) is 17.1. The molecule has 0 aliphatic carbocycles. The Labute approximate surface area is 147 Å². The second-order valence-electron chi connectivity index (χ2n) is 6.84. The van der Waals surface area contributed by atoms with Crippen molar-refractivity contribution in [1.82, 2.24) is 25.0 Å². The highest BCUT2D eigenvalue weighted by Crippen LogP contribution is 2.30. The number of aromatic nitrogens is 3. The molecule has 0 aromatic carbocycles. The van der Waals surface area contributed by atoms with Crippen LogP contribution in [-0.2, 0) is 19.4 Å². The second-order valence-corrected chi connectivity index (χ2v) is 6.84. The molecule has 134 valence electrons. The summed E-state index contributed by atoms with van der Waals surface area (Å²) in [4.78, 5) is 14.7. The van der Waals surface area contributed by atoms with Crippen LogP contribution in [0.2, 0.25) is 0 Å². The molecule has 0 bridgehead atoms. The van der Waals surface area contributed by atoms with E-state index in [0.717, 1.165) is 75.4 Å². The topological polar surface area (TPSA) is 76.2 Å². The number of rotatable bonds is 4. The number of fused-ring (bicyclic) bond motifs is 1. The van der Waals surface area contributed by atoms with E-state index < -0.39 is 0 Å². The first-order valence-corrected chi connectivity index (χ1v) is 9.32. The van der Waals surface area contributed by atoms with E-state index in [-0.39, 0.29) is 12.1 Å². The lowest BCUT2D eigenvalue weighted by atomic mass is 10.1. The number of aryl methyl sites for hydroxylation is 1. The summed E-state index contributed by atoms with van der Waals surface area (Å²) in [6.45, 7) is 2.36. The lowest BCUT2D eigenvalue weighted by Crippen LogP contribution is -2.42.